The molecule has 5 nitrogen and oxygen atoms in total. The number of nitrogens with one attached hydrogen (secondary N) is 2. The molecule has 0 aliphatic carbocycles. The number of ether oxygens (including phenoxy) is 2. The van der Waals surface area contributed by atoms with Crippen molar-refractivity contribution in [3.05, 3.63) is 22.7 Å². The van der Waals surface area contributed by atoms with Crippen molar-refractivity contribution in [3.8, 4) is 11.5 Å². The molecule has 1 unspecified atom stereocenters. The van der Waals surface area contributed by atoms with Crippen LogP contribution in [0.4, 0.5) is 0 Å². The fourth-order valence-corrected chi connectivity index (χ4v) is 2.75. The van der Waals surface area contributed by atoms with Crippen molar-refractivity contribution in [2.75, 3.05) is 26.8 Å². The van der Waals surface area contributed by atoms with Gasteiger partial charge in [-0.1, -0.05) is 25.4 Å². The van der Waals surface area contributed by atoms with E-state index in [2.05, 4.69) is 24.5 Å². The van der Waals surface area contributed by atoms with Crippen molar-refractivity contribution < 1.29 is 14.3 Å². The minimum Gasteiger partial charge on any atom is -0.493 e. The van der Waals surface area contributed by atoms with E-state index in [0.29, 0.717) is 34.6 Å². The summed E-state index contributed by atoms with van der Waals surface area (Å²) in [6, 6.07) is 3.45. The van der Waals surface area contributed by atoms with E-state index in [1.807, 2.05) is 0 Å². The zero-order valence-corrected chi connectivity index (χ0v) is 14.7. The van der Waals surface area contributed by atoms with Gasteiger partial charge >= 0.3 is 0 Å². The lowest BCUT2D eigenvalue weighted by Crippen LogP contribution is -2.45. The van der Waals surface area contributed by atoms with Crippen LogP contribution in [0.15, 0.2) is 12.1 Å². The van der Waals surface area contributed by atoms with Gasteiger partial charge in [-0.2, -0.15) is 0 Å². The number of rotatable bonds is 6. The molecule has 1 heterocycles. The summed E-state index contributed by atoms with van der Waals surface area (Å²) in [5, 5.41) is 6.69. The number of carbonyl (C=O) groups is 1. The number of hydrogen-bond donors (Lipinski definition) is 2. The molecule has 0 bridgehead atoms. The summed E-state index contributed by atoms with van der Waals surface area (Å²) in [6.45, 7) is 6.45. The van der Waals surface area contributed by atoms with E-state index in [-0.39, 0.29) is 11.9 Å². The maximum Gasteiger partial charge on any atom is 0.251 e. The van der Waals surface area contributed by atoms with E-state index in [1.165, 1.54) is 0 Å². The van der Waals surface area contributed by atoms with Crippen LogP contribution in [0.5, 0.6) is 11.5 Å². The molecule has 2 N–H and O–H groups in total. The zero-order chi connectivity index (χ0) is 16.8. The second-order valence-electron chi connectivity index (χ2n) is 6.21. The third-order valence-corrected chi connectivity index (χ3v) is 3.97. The van der Waals surface area contributed by atoms with Gasteiger partial charge in [0.05, 0.1) is 18.7 Å². The summed E-state index contributed by atoms with van der Waals surface area (Å²) in [4.78, 5) is 12.4. The third kappa shape index (κ3) is 5.01. The molecule has 0 radical (unpaired) electrons. The first kappa shape index (κ1) is 17.9. The highest BCUT2D eigenvalue weighted by atomic mass is 35.5. The predicted octanol–water partition coefficient (Wildman–Crippen LogP) is 2.87. The van der Waals surface area contributed by atoms with E-state index in [9.17, 15) is 4.79 Å². The van der Waals surface area contributed by atoms with Crippen LogP contribution in [0, 0.1) is 5.92 Å². The van der Waals surface area contributed by atoms with Gasteiger partial charge in [-0.15, -0.1) is 0 Å². The monoisotopic (exact) mass is 340 g/mol. The number of benzene rings is 1. The number of methoxy groups -OCH3 is 1. The fraction of sp³-hybridized carbons (Fsp3) is 0.588. The predicted molar refractivity (Wildman–Crippen MR) is 91.7 cm³/mol. The third-order valence-electron chi connectivity index (χ3n) is 3.68. The smallest absolute Gasteiger partial charge is 0.251 e. The molecule has 1 aliphatic rings. The van der Waals surface area contributed by atoms with Crippen molar-refractivity contribution in [2.24, 2.45) is 5.92 Å². The molecule has 1 saturated heterocycles. The molecule has 1 aliphatic heterocycles. The van der Waals surface area contributed by atoms with Crippen molar-refractivity contribution in [1.29, 1.82) is 0 Å². The van der Waals surface area contributed by atoms with Crippen LogP contribution >= 0.6 is 11.6 Å². The average molecular weight is 341 g/mol. The van der Waals surface area contributed by atoms with E-state index in [4.69, 9.17) is 21.1 Å². The summed E-state index contributed by atoms with van der Waals surface area (Å²) in [7, 11) is 1.54. The van der Waals surface area contributed by atoms with Crippen molar-refractivity contribution in [1.82, 2.24) is 10.6 Å². The van der Waals surface area contributed by atoms with Crippen LogP contribution in [-0.4, -0.2) is 38.8 Å². The quantitative estimate of drug-likeness (QED) is 0.836. The summed E-state index contributed by atoms with van der Waals surface area (Å²) >= 11 is 6.29. The number of piperidine rings is 1. The minimum atomic E-state index is -0.144. The van der Waals surface area contributed by atoms with Gasteiger partial charge in [-0.25, -0.2) is 0 Å². The highest BCUT2D eigenvalue weighted by Gasteiger charge is 2.20. The highest BCUT2D eigenvalue weighted by molar-refractivity contribution is 6.32. The van der Waals surface area contributed by atoms with Gasteiger partial charge in [-0.3, -0.25) is 4.79 Å². The first-order valence-electron chi connectivity index (χ1n) is 8.03. The zero-order valence-electron chi connectivity index (χ0n) is 13.9. The first-order valence-corrected chi connectivity index (χ1v) is 8.41. The molecule has 0 saturated carbocycles. The van der Waals surface area contributed by atoms with Gasteiger partial charge in [0.2, 0.25) is 0 Å². The van der Waals surface area contributed by atoms with Crippen LogP contribution in [0.25, 0.3) is 0 Å². The Morgan fingerprint density at radius 3 is 2.87 bits per heavy atom. The van der Waals surface area contributed by atoms with Gasteiger partial charge < -0.3 is 20.1 Å². The lowest BCUT2D eigenvalue weighted by molar-refractivity contribution is 0.0930. The Balaban J connectivity index is 2.12. The van der Waals surface area contributed by atoms with Crippen LogP contribution in [0.1, 0.15) is 37.0 Å². The van der Waals surface area contributed by atoms with E-state index >= 15 is 0 Å². The van der Waals surface area contributed by atoms with E-state index in [1.54, 1.807) is 19.2 Å². The van der Waals surface area contributed by atoms with E-state index in [0.717, 1.165) is 25.9 Å². The van der Waals surface area contributed by atoms with E-state index < -0.39 is 0 Å². The van der Waals surface area contributed by atoms with Crippen LogP contribution in [0.2, 0.25) is 5.02 Å². The molecule has 1 aromatic carbocycles. The second-order valence-corrected chi connectivity index (χ2v) is 6.62. The highest BCUT2D eigenvalue weighted by Crippen LogP contribution is 2.36. The molecule has 1 atom stereocenters. The lowest BCUT2D eigenvalue weighted by atomic mass is 10.1. The van der Waals surface area contributed by atoms with Crippen LogP contribution in [0.3, 0.4) is 0 Å². The molecule has 1 amide bonds. The average Bonchev–Trinajstić information content (AvgIpc) is 2.53. The van der Waals surface area contributed by atoms with Gasteiger partial charge in [0, 0.05) is 18.2 Å². The van der Waals surface area contributed by atoms with Gasteiger partial charge in [0.1, 0.15) is 0 Å². The fourth-order valence-electron chi connectivity index (χ4n) is 2.48. The maximum absolute atomic E-state index is 12.4. The molecule has 1 aromatic rings. The standard InChI is InChI=1S/C17H25ClN2O3/c1-11(2)10-23-16-14(18)7-12(8-15(16)22-3)17(21)20-13-5-4-6-19-9-13/h7-8,11,13,19H,4-6,9-10H2,1-3H3,(H,20,21). The van der Waals surface area contributed by atoms with Gasteiger partial charge in [0.25, 0.3) is 5.91 Å². The molecule has 0 aromatic heterocycles. The summed E-state index contributed by atoms with van der Waals surface area (Å²) in [5.74, 6) is 1.19. The normalized spacial score (nSPS) is 17.9. The molecule has 1 fully saturated rings. The Kier molecular flexibility index (Phi) is 6.54. The molecular formula is C17H25ClN2O3. The van der Waals surface area contributed by atoms with Crippen molar-refractivity contribution in [3.63, 3.8) is 0 Å². The number of halogens is 1. The Morgan fingerprint density at radius 2 is 2.26 bits per heavy atom. The number of hydrogen-bond acceptors (Lipinski definition) is 4. The molecule has 128 valence electrons. The van der Waals surface area contributed by atoms with Crippen molar-refractivity contribution in [2.45, 2.75) is 32.7 Å². The summed E-state index contributed by atoms with van der Waals surface area (Å²) in [6.07, 6.45) is 2.05. The van der Waals surface area contributed by atoms with Crippen LogP contribution in [-0.2, 0) is 0 Å². The van der Waals surface area contributed by atoms with Crippen molar-refractivity contribution >= 4 is 17.5 Å². The largest absolute Gasteiger partial charge is 0.493 e. The summed E-state index contributed by atoms with van der Waals surface area (Å²) in [5.41, 5.74) is 0.481. The lowest BCUT2D eigenvalue weighted by Gasteiger charge is -2.24. The number of amides is 1. The molecule has 6 heteroatoms. The summed E-state index contributed by atoms with van der Waals surface area (Å²) < 4.78 is 11.0. The molecule has 0 spiro atoms. The minimum absolute atomic E-state index is 0.144. The second kappa shape index (κ2) is 8.41. The molecule has 23 heavy (non-hydrogen) atoms. The maximum atomic E-state index is 12.4. The molecule has 2 rings (SSSR count). The topological polar surface area (TPSA) is 59.6 Å². The first-order chi connectivity index (χ1) is 11.0. The van der Waals surface area contributed by atoms with Gasteiger partial charge in [-0.05, 0) is 37.4 Å². The Hall–Kier alpha value is -1.46. The SMILES string of the molecule is COc1cc(C(=O)NC2CCCNC2)cc(Cl)c1OCC(C)C. The number of carbonyl (C=O) groups excluding carboxylic acids is 1. The molecular weight excluding hydrogens is 316 g/mol. The van der Waals surface area contributed by atoms with Gasteiger partial charge in [0.15, 0.2) is 11.5 Å². The Labute approximate surface area is 142 Å². The van der Waals surface area contributed by atoms with Crippen LogP contribution < -0.4 is 20.1 Å². The Bertz CT molecular complexity index is 543. The Morgan fingerprint density at radius 1 is 1.48 bits per heavy atom.